The van der Waals surface area contributed by atoms with Crippen molar-refractivity contribution < 1.29 is 4.79 Å². The number of hydrogen-bond donors (Lipinski definition) is 1. The molecule has 1 N–H and O–H groups in total. The van der Waals surface area contributed by atoms with E-state index in [1.807, 2.05) is 19.9 Å². The molecule has 1 heterocycles. The first-order chi connectivity index (χ1) is 5.77. The summed E-state index contributed by atoms with van der Waals surface area (Å²) in [6, 6.07) is 1.87. The van der Waals surface area contributed by atoms with E-state index in [1.165, 1.54) is 0 Å². The topological polar surface area (TPSA) is 42.0 Å². The molecule has 0 unspecified atom stereocenters. The summed E-state index contributed by atoms with van der Waals surface area (Å²) in [6.07, 6.45) is 2.39. The van der Waals surface area contributed by atoms with E-state index < -0.39 is 0 Å². The predicted molar refractivity (Wildman–Crippen MR) is 48.5 cm³/mol. The Labute approximate surface area is 71.8 Å². The summed E-state index contributed by atoms with van der Waals surface area (Å²) in [4.78, 5) is 14.6. The highest BCUT2D eigenvalue weighted by atomic mass is 16.1. The normalized spacial score (nSPS) is 9.50. The van der Waals surface area contributed by atoms with Gasteiger partial charge >= 0.3 is 0 Å². The first-order valence-corrected chi connectivity index (χ1v) is 3.93. The molecule has 0 amide bonds. The van der Waals surface area contributed by atoms with Crippen LogP contribution in [-0.2, 0) is 0 Å². The number of carbonyl (C=O) groups is 1. The Morgan fingerprint density at radius 2 is 2.42 bits per heavy atom. The van der Waals surface area contributed by atoms with Crippen molar-refractivity contribution in [3.63, 3.8) is 0 Å². The molecule has 0 aliphatic rings. The number of carbonyl (C=O) groups excluding carboxylic acids is 1. The van der Waals surface area contributed by atoms with Crippen molar-refractivity contribution >= 4 is 12.0 Å². The molecule has 0 fully saturated rings. The van der Waals surface area contributed by atoms with E-state index >= 15 is 0 Å². The lowest BCUT2D eigenvalue weighted by molar-refractivity contribution is 0.112. The Bertz CT molecular complexity index is 284. The maximum Gasteiger partial charge on any atom is 0.153 e. The van der Waals surface area contributed by atoms with Gasteiger partial charge in [-0.2, -0.15) is 0 Å². The van der Waals surface area contributed by atoms with Crippen LogP contribution in [0.1, 0.15) is 23.0 Å². The van der Waals surface area contributed by atoms with Gasteiger partial charge in [0.25, 0.3) is 0 Å². The summed E-state index contributed by atoms with van der Waals surface area (Å²) in [5.41, 5.74) is 2.39. The van der Waals surface area contributed by atoms with Crippen LogP contribution in [0, 0.1) is 6.92 Å². The minimum absolute atomic E-state index is 0.613. The maximum atomic E-state index is 10.5. The van der Waals surface area contributed by atoms with E-state index in [0.717, 1.165) is 24.2 Å². The first-order valence-electron chi connectivity index (χ1n) is 3.93. The average molecular weight is 164 g/mol. The van der Waals surface area contributed by atoms with Gasteiger partial charge in [-0.25, -0.2) is 0 Å². The van der Waals surface area contributed by atoms with Gasteiger partial charge in [-0.15, -0.1) is 0 Å². The molecule has 0 aromatic carbocycles. The molecule has 0 bridgehead atoms. The second-order valence-corrected chi connectivity index (χ2v) is 2.56. The molecule has 3 heteroatoms. The van der Waals surface area contributed by atoms with Gasteiger partial charge in [-0.3, -0.25) is 9.78 Å². The molecule has 1 aromatic heterocycles. The number of anilines is 1. The maximum absolute atomic E-state index is 10.5. The molecule has 0 spiro atoms. The Balaban J connectivity index is 3.03. The molecule has 0 radical (unpaired) electrons. The molecule has 1 rings (SSSR count). The molecule has 0 atom stereocenters. The number of aromatic nitrogens is 1. The Morgan fingerprint density at radius 3 is 3.00 bits per heavy atom. The smallest absolute Gasteiger partial charge is 0.153 e. The van der Waals surface area contributed by atoms with Gasteiger partial charge in [-0.1, -0.05) is 0 Å². The highest BCUT2D eigenvalue weighted by molar-refractivity contribution is 5.83. The first kappa shape index (κ1) is 8.71. The van der Waals surface area contributed by atoms with Crippen molar-refractivity contribution in [2.24, 2.45) is 0 Å². The van der Waals surface area contributed by atoms with Crippen molar-refractivity contribution in [2.45, 2.75) is 13.8 Å². The summed E-state index contributed by atoms with van der Waals surface area (Å²) in [5, 5.41) is 3.10. The SMILES string of the molecule is CCNc1cc(C)ncc1C=O. The van der Waals surface area contributed by atoms with Crippen molar-refractivity contribution in [1.82, 2.24) is 4.98 Å². The standard InChI is InChI=1S/C9H12N2O/c1-3-10-9-4-7(2)11-5-8(9)6-12/h4-6H,3H2,1-2H3,(H,10,11). The van der Waals surface area contributed by atoms with Gasteiger partial charge in [0, 0.05) is 24.1 Å². The zero-order chi connectivity index (χ0) is 8.97. The lowest BCUT2D eigenvalue weighted by Crippen LogP contribution is -2.01. The zero-order valence-electron chi connectivity index (χ0n) is 7.29. The van der Waals surface area contributed by atoms with Crippen LogP contribution < -0.4 is 5.32 Å². The molecule has 0 aliphatic heterocycles. The Kier molecular flexibility index (Phi) is 2.80. The van der Waals surface area contributed by atoms with E-state index in [9.17, 15) is 4.79 Å². The van der Waals surface area contributed by atoms with Crippen LogP contribution in [0.15, 0.2) is 12.3 Å². The van der Waals surface area contributed by atoms with Crippen LogP contribution >= 0.6 is 0 Å². The molecular weight excluding hydrogens is 152 g/mol. The van der Waals surface area contributed by atoms with Crippen LogP contribution in [0.5, 0.6) is 0 Å². The van der Waals surface area contributed by atoms with Gasteiger partial charge in [0.05, 0.1) is 5.56 Å². The second kappa shape index (κ2) is 3.85. The summed E-state index contributed by atoms with van der Waals surface area (Å²) in [6.45, 7) is 4.70. The van der Waals surface area contributed by atoms with Crippen LogP contribution in [-0.4, -0.2) is 17.8 Å². The van der Waals surface area contributed by atoms with E-state index in [0.29, 0.717) is 5.56 Å². The highest BCUT2D eigenvalue weighted by Gasteiger charge is 2.00. The number of nitrogens with zero attached hydrogens (tertiary/aromatic N) is 1. The monoisotopic (exact) mass is 164 g/mol. The predicted octanol–water partition coefficient (Wildman–Crippen LogP) is 1.63. The molecule has 64 valence electrons. The van der Waals surface area contributed by atoms with Crippen LogP contribution in [0.2, 0.25) is 0 Å². The number of rotatable bonds is 3. The second-order valence-electron chi connectivity index (χ2n) is 2.56. The molecule has 12 heavy (non-hydrogen) atoms. The van der Waals surface area contributed by atoms with Crippen LogP contribution in [0.4, 0.5) is 5.69 Å². The van der Waals surface area contributed by atoms with Crippen LogP contribution in [0.3, 0.4) is 0 Å². The highest BCUT2D eigenvalue weighted by Crippen LogP contribution is 2.12. The summed E-state index contributed by atoms with van der Waals surface area (Å²) >= 11 is 0. The third kappa shape index (κ3) is 1.81. The largest absolute Gasteiger partial charge is 0.385 e. The van der Waals surface area contributed by atoms with E-state index in [4.69, 9.17) is 0 Å². The van der Waals surface area contributed by atoms with Gasteiger partial charge in [-0.05, 0) is 19.9 Å². The lowest BCUT2D eigenvalue weighted by Gasteiger charge is -2.05. The number of aryl methyl sites for hydroxylation is 1. The summed E-state index contributed by atoms with van der Waals surface area (Å²) in [5.74, 6) is 0. The lowest BCUT2D eigenvalue weighted by atomic mass is 10.2. The summed E-state index contributed by atoms with van der Waals surface area (Å²) < 4.78 is 0. The Morgan fingerprint density at radius 1 is 1.67 bits per heavy atom. The number of nitrogens with one attached hydrogen (secondary N) is 1. The van der Waals surface area contributed by atoms with Crippen LogP contribution in [0.25, 0.3) is 0 Å². The van der Waals surface area contributed by atoms with E-state index in [-0.39, 0.29) is 0 Å². The van der Waals surface area contributed by atoms with Crippen molar-refractivity contribution in [3.8, 4) is 0 Å². The fraction of sp³-hybridized carbons (Fsp3) is 0.333. The Hall–Kier alpha value is -1.38. The van der Waals surface area contributed by atoms with E-state index in [2.05, 4.69) is 10.3 Å². The minimum Gasteiger partial charge on any atom is -0.385 e. The minimum atomic E-state index is 0.613. The molecule has 0 saturated heterocycles. The summed E-state index contributed by atoms with van der Waals surface area (Å²) in [7, 11) is 0. The number of pyridine rings is 1. The zero-order valence-corrected chi connectivity index (χ0v) is 7.29. The van der Waals surface area contributed by atoms with Gasteiger partial charge in [0.2, 0.25) is 0 Å². The fourth-order valence-electron chi connectivity index (χ4n) is 1.01. The average Bonchev–Trinajstić information content (AvgIpc) is 2.05. The molecule has 0 aliphatic carbocycles. The van der Waals surface area contributed by atoms with E-state index in [1.54, 1.807) is 6.20 Å². The fourth-order valence-corrected chi connectivity index (χ4v) is 1.01. The van der Waals surface area contributed by atoms with Crippen molar-refractivity contribution in [2.75, 3.05) is 11.9 Å². The van der Waals surface area contributed by atoms with Gasteiger partial charge in [0.15, 0.2) is 6.29 Å². The third-order valence-electron chi connectivity index (χ3n) is 1.57. The number of hydrogen-bond acceptors (Lipinski definition) is 3. The van der Waals surface area contributed by atoms with Gasteiger partial charge in [0.1, 0.15) is 0 Å². The molecule has 1 aromatic rings. The molecular formula is C9H12N2O. The third-order valence-corrected chi connectivity index (χ3v) is 1.57. The quantitative estimate of drug-likeness (QED) is 0.690. The van der Waals surface area contributed by atoms with Crippen molar-refractivity contribution in [3.05, 3.63) is 23.5 Å². The molecule has 3 nitrogen and oxygen atoms in total. The van der Waals surface area contributed by atoms with Crippen molar-refractivity contribution in [1.29, 1.82) is 0 Å². The van der Waals surface area contributed by atoms with Gasteiger partial charge < -0.3 is 5.32 Å². The molecule has 0 saturated carbocycles. The number of aldehydes is 1.